The van der Waals surface area contributed by atoms with Gasteiger partial charge in [-0.15, -0.1) is 0 Å². The Hall–Kier alpha value is -1.32. The van der Waals surface area contributed by atoms with Crippen LogP contribution < -0.4 is 5.32 Å². The molecule has 0 fully saturated rings. The first kappa shape index (κ1) is 9.77. The van der Waals surface area contributed by atoms with E-state index < -0.39 is 0 Å². The Bertz CT molecular complexity index is 281. The molecule has 1 N–H and O–H groups in total. The van der Waals surface area contributed by atoms with Gasteiger partial charge in [0.15, 0.2) is 5.89 Å². The summed E-state index contributed by atoms with van der Waals surface area (Å²) in [5.41, 5.74) is 0. The molecule has 1 amide bonds. The van der Waals surface area contributed by atoms with E-state index >= 15 is 0 Å². The third-order valence-corrected chi connectivity index (χ3v) is 1.66. The summed E-state index contributed by atoms with van der Waals surface area (Å²) in [4.78, 5) is 14.6. The van der Waals surface area contributed by atoms with Gasteiger partial charge < -0.3 is 9.73 Å². The molecule has 1 aromatic rings. The van der Waals surface area contributed by atoms with Crippen LogP contribution in [0.15, 0.2) is 10.6 Å². The number of nitrogens with zero attached hydrogens (tertiary/aromatic N) is 1. The zero-order valence-electron chi connectivity index (χ0n) is 7.96. The van der Waals surface area contributed by atoms with Crippen LogP contribution in [-0.2, 0) is 17.6 Å². The fourth-order valence-electron chi connectivity index (χ4n) is 0.973. The van der Waals surface area contributed by atoms with Crippen molar-refractivity contribution in [3.05, 3.63) is 17.8 Å². The molecule has 0 aliphatic heterocycles. The monoisotopic (exact) mass is 182 g/mol. The average Bonchev–Trinajstić information content (AvgIpc) is 2.52. The highest BCUT2D eigenvalue weighted by Crippen LogP contribution is 2.03. The Morgan fingerprint density at radius 2 is 2.46 bits per heavy atom. The Balaban J connectivity index is 2.32. The number of rotatable bonds is 4. The van der Waals surface area contributed by atoms with Crippen molar-refractivity contribution in [3.63, 3.8) is 0 Å². The standard InChI is InChI=1S/C9H14N2O2/c1-3-8-6-11-9(13-8)4-5-10-7(2)12/h6H,3-5H2,1-2H3,(H,10,12). The fourth-order valence-corrected chi connectivity index (χ4v) is 0.973. The minimum absolute atomic E-state index is 0.0257. The van der Waals surface area contributed by atoms with Crippen molar-refractivity contribution in [2.45, 2.75) is 26.7 Å². The summed E-state index contributed by atoms with van der Waals surface area (Å²) < 4.78 is 5.35. The summed E-state index contributed by atoms with van der Waals surface area (Å²) in [5.74, 6) is 1.55. The first-order chi connectivity index (χ1) is 6.22. The van der Waals surface area contributed by atoms with Gasteiger partial charge in [-0.05, 0) is 0 Å². The van der Waals surface area contributed by atoms with E-state index in [1.165, 1.54) is 6.92 Å². The maximum absolute atomic E-state index is 10.5. The Kier molecular flexibility index (Phi) is 3.49. The van der Waals surface area contributed by atoms with Crippen molar-refractivity contribution in [3.8, 4) is 0 Å². The van der Waals surface area contributed by atoms with E-state index in [2.05, 4.69) is 10.3 Å². The Labute approximate surface area is 77.3 Å². The molecule has 1 rings (SSSR count). The molecule has 4 nitrogen and oxygen atoms in total. The van der Waals surface area contributed by atoms with Crippen LogP contribution in [0.5, 0.6) is 0 Å². The first-order valence-electron chi connectivity index (χ1n) is 4.40. The molecule has 0 radical (unpaired) electrons. The van der Waals surface area contributed by atoms with Gasteiger partial charge in [0.1, 0.15) is 5.76 Å². The van der Waals surface area contributed by atoms with Crippen LogP contribution in [0.25, 0.3) is 0 Å². The number of oxazole rings is 1. The molecule has 1 heterocycles. The maximum atomic E-state index is 10.5. The van der Waals surface area contributed by atoms with E-state index in [0.717, 1.165) is 12.2 Å². The summed E-state index contributed by atoms with van der Waals surface area (Å²) in [6.07, 6.45) is 3.23. The minimum atomic E-state index is -0.0257. The van der Waals surface area contributed by atoms with Gasteiger partial charge in [-0.3, -0.25) is 4.79 Å². The van der Waals surface area contributed by atoms with E-state index in [0.29, 0.717) is 18.9 Å². The number of carbonyl (C=O) groups is 1. The fraction of sp³-hybridized carbons (Fsp3) is 0.556. The molecular formula is C9H14N2O2. The number of carbonyl (C=O) groups excluding carboxylic acids is 1. The van der Waals surface area contributed by atoms with E-state index in [1.807, 2.05) is 6.92 Å². The Morgan fingerprint density at radius 3 is 3.00 bits per heavy atom. The smallest absolute Gasteiger partial charge is 0.216 e. The van der Waals surface area contributed by atoms with Gasteiger partial charge in [-0.25, -0.2) is 4.98 Å². The normalized spacial score (nSPS) is 10.0. The lowest BCUT2D eigenvalue weighted by molar-refractivity contribution is -0.118. The maximum Gasteiger partial charge on any atom is 0.216 e. The summed E-state index contributed by atoms with van der Waals surface area (Å²) in [6, 6.07) is 0. The quantitative estimate of drug-likeness (QED) is 0.753. The third-order valence-electron chi connectivity index (χ3n) is 1.66. The van der Waals surface area contributed by atoms with Gasteiger partial charge in [-0.2, -0.15) is 0 Å². The van der Waals surface area contributed by atoms with E-state index in [1.54, 1.807) is 6.20 Å². The summed E-state index contributed by atoms with van der Waals surface area (Å²) in [5, 5.41) is 2.68. The SMILES string of the molecule is CCc1cnc(CCNC(C)=O)o1. The minimum Gasteiger partial charge on any atom is -0.446 e. The van der Waals surface area contributed by atoms with Gasteiger partial charge in [0.05, 0.1) is 6.20 Å². The average molecular weight is 182 g/mol. The molecule has 0 bridgehead atoms. The second-order valence-corrected chi connectivity index (χ2v) is 2.81. The van der Waals surface area contributed by atoms with Crippen LogP contribution in [0, 0.1) is 0 Å². The molecule has 4 heteroatoms. The molecule has 0 aliphatic carbocycles. The zero-order chi connectivity index (χ0) is 9.68. The van der Waals surface area contributed by atoms with E-state index in [4.69, 9.17) is 4.42 Å². The molecule has 0 spiro atoms. The molecule has 72 valence electrons. The lowest BCUT2D eigenvalue weighted by atomic mass is 10.4. The van der Waals surface area contributed by atoms with Crippen molar-refractivity contribution in [1.82, 2.24) is 10.3 Å². The van der Waals surface area contributed by atoms with Crippen molar-refractivity contribution in [1.29, 1.82) is 0 Å². The highest BCUT2D eigenvalue weighted by molar-refractivity contribution is 5.72. The number of hydrogen-bond acceptors (Lipinski definition) is 3. The van der Waals surface area contributed by atoms with Crippen LogP contribution >= 0.6 is 0 Å². The molecule has 0 aliphatic rings. The van der Waals surface area contributed by atoms with Crippen LogP contribution in [0.1, 0.15) is 25.5 Å². The number of nitrogens with one attached hydrogen (secondary N) is 1. The molecule has 0 saturated carbocycles. The molecule has 0 saturated heterocycles. The summed E-state index contributed by atoms with van der Waals surface area (Å²) in [6.45, 7) is 4.09. The summed E-state index contributed by atoms with van der Waals surface area (Å²) >= 11 is 0. The van der Waals surface area contributed by atoms with Gasteiger partial charge in [0.25, 0.3) is 0 Å². The molecular weight excluding hydrogens is 168 g/mol. The zero-order valence-corrected chi connectivity index (χ0v) is 7.96. The van der Waals surface area contributed by atoms with Crippen molar-refractivity contribution >= 4 is 5.91 Å². The summed E-state index contributed by atoms with van der Waals surface area (Å²) in [7, 11) is 0. The highest BCUT2D eigenvalue weighted by Gasteiger charge is 2.01. The van der Waals surface area contributed by atoms with Crippen LogP contribution in [0.4, 0.5) is 0 Å². The van der Waals surface area contributed by atoms with Gasteiger partial charge in [-0.1, -0.05) is 6.92 Å². The first-order valence-corrected chi connectivity index (χ1v) is 4.40. The van der Waals surface area contributed by atoms with Crippen LogP contribution in [-0.4, -0.2) is 17.4 Å². The molecule has 0 atom stereocenters. The third kappa shape index (κ3) is 3.27. The predicted molar refractivity (Wildman–Crippen MR) is 48.3 cm³/mol. The number of aryl methyl sites for hydroxylation is 1. The van der Waals surface area contributed by atoms with Crippen LogP contribution in [0.2, 0.25) is 0 Å². The lowest BCUT2D eigenvalue weighted by Crippen LogP contribution is -2.22. The largest absolute Gasteiger partial charge is 0.446 e. The van der Waals surface area contributed by atoms with Crippen molar-refractivity contribution in [2.75, 3.05) is 6.54 Å². The lowest BCUT2D eigenvalue weighted by Gasteiger charge is -1.97. The second-order valence-electron chi connectivity index (χ2n) is 2.81. The van der Waals surface area contributed by atoms with E-state index in [-0.39, 0.29) is 5.91 Å². The number of hydrogen-bond donors (Lipinski definition) is 1. The van der Waals surface area contributed by atoms with E-state index in [9.17, 15) is 4.79 Å². The second kappa shape index (κ2) is 4.64. The Morgan fingerprint density at radius 1 is 1.69 bits per heavy atom. The van der Waals surface area contributed by atoms with Crippen molar-refractivity contribution in [2.24, 2.45) is 0 Å². The van der Waals surface area contributed by atoms with Gasteiger partial charge in [0.2, 0.25) is 5.91 Å². The predicted octanol–water partition coefficient (Wildman–Crippen LogP) is 0.916. The highest BCUT2D eigenvalue weighted by atomic mass is 16.4. The molecule has 13 heavy (non-hydrogen) atoms. The van der Waals surface area contributed by atoms with Gasteiger partial charge in [0, 0.05) is 26.3 Å². The van der Waals surface area contributed by atoms with Crippen LogP contribution in [0.3, 0.4) is 0 Å². The van der Waals surface area contributed by atoms with Crippen molar-refractivity contribution < 1.29 is 9.21 Å². The van der Waals surface area contributed by atoms with Gasteiger partial charge >= 0.3 is 0 Å². The number of aromatic nitrogens is 1. The molecule has 0 aromatic carbocycles. The number of amides is 1. The molecule has 0 unspecified atom stereocenters. The topological polar surface area (TPSA) is 55.1 Å². The molecule has 1 aromatic heterocycles.